The largest absolute Gasteiger partial charge is 0.339 e. The van der Waals surface area contributed by atoms with Gasteiger partial charge in [-0.15, -0.1) is 0 Å². The van der Waals surface area contributed by atoms with Gasteiger partial charge >= 0.3 is 6.03 Å². The van der Waals surface area contributed by atoms with Gasteiger partial charge in [-0.3, -0.25) is 4.79 Å². The highest BCUT2D eigenvalue weighted by Gasteiger charge is 2.43. The number of nitrogens with two attached hydrogens (primary N) is 1. The van der Waals surface area contributed by atoms with E-state index in [4.69, 9.17) is 5.73 Å². The van der Waals surface area contributed by atoms with E-state index in [0.717, 1.165) is 0 Å². The summed E-state index contributed by atoms with van der Waals surface area (Å²) >= 11 is 0. The maximum absolute atomic E-state index is 12.6. The van der Waals surface area contributed by atoms with E-state index >= 15 is 0 Å². The van der Waals surface area contributed by atoms with Crippen LogP contribution in [0.4, 0.5) is 4.79 Å². The Morgan fingerprint density at radius 2 is 1.50 bits per heavy atom. The number of rotatable bonds is 3. The molecule has 0 saturated carbocycles. The summed E-state index contributed by atoms with van der Waals surface area (Å²) in [5.41, 5.74) is 4.91. The van der Waals surface area contributed by atoms with Crippen molar-refractivity contribution in [2.75, 3.05) is 32.7 Å². The van der Waals surface area contributed by atoms with Gasteiger partial charge in [0, 0.05) is 38.3 Å². The number of amides is 3. The first-order chi connectivity index (χ1) is 9.11. The second-order valence-corrected chi connectivity index (χ2v) is 6.46. The Morgan fingerprint density at radius 3 is 1.90 bits per heavy atom. The first-order valence-electron chi connectivity index (χ1n) is 7.22. The SMILES string of the molecule is CCNC(=O)N1CCN(C(=O)C(C)(C)C(C)(C)N)CC1. The standard InChI is InChI=1S/C14H28N4O2/c1-6-16-12(20)18-9-7-17(8-10-18)11(19)13(2,3)14(4,5)15/h6-10,15H2,1-5H3,(H,16,20). The van der Waals surface area contributed by atoms with Crippen molar-refractivity contribution in [1.29, 1.82) is 0 Å². The Balaban J connectivity index is 2.62. The zero-order chi connectivity index (χ0) is 15.6. The molecule has 1 aliphatic heterocycles. The Bertz CT molecular complexity index is 366. The Morgan fingerprint density at radius 1 is 1.05 bits per heavy atom. The third-order valence-electron chi connectivity index (χ3n) is 4.33. The van der Waals surface area contributed by atoms with Crippen molar-refractivity contribution in [2.24, 2.45) is 11.1 Å². The first-order valence-corrected chi connectivity index (χ1v) is 7.22. The van der Waals surface area contributed by atoms with Crippen molar-refractivity contribution in [3.8, 4) is 0 Å². The number of hydrogen-bond donors (Lipinski definition) is 2. The average molecular weight is 284 g/mol. The van der Waals surface area contributed by atoms with Crippen LogP contribution in [0.2, 0.25) is 0 Å². The number of hydrogen-bond acceptors (Lipinski definition) is 3. The Kier molecular flexibility index (Phi) is 5.02. The molecule has 0 unspecified atom stereocenters. The minimum absolute atomic E-state index is 0.0561. The Hall–Kier alpha value is -1.30. The van der Waals surface area contributed by atoms with Crippen molar-refractivity contribution in [1.82, 2.24) is 15.1 Å². The second kappa shape index (κ2) is 5.99. The Labute approximate surface area is 121 Å². The maximum Gasteiger partial charge on any atom is 0.317 e. The number of carbonyl (C=O) groups excluding carboxylic acids is 2. The van der Waals surface area contributed by atoms with Gasteiger partial charge in [0.1, 0.15) is 0 Å². The fourth-order valence-corrected chi connectivity index (χ4v) is 2.05. The summed E-state index contributed by atoms with van der Waals surface area (Å²) in [6.45, 7) is 12.3. The molecule has 0 atom stereocenters. The second-order valence-electron chi connectivity index (χ2n) is 6.46. The van der Waals surface area contributed by atoms with Crippen LogP contribution in [-0.2, 0) is 4.79 Å². The molecule has 116 valence electrons. The first kappa shape index (κ1) is 16.8. The lowest BCUT2D eigenvalue weighted by Gasteiger charge is -2.43. The molecular weight excluding hydrogens is 256 g/mol. The highest BCUT2D eigenvalue weighted by Crippen LogP contribution is 2.30. The van der Waals surface area contributed by atoms with E-state index in [1.54, 1.807) is 4.90 Å². The fourth-order valence-electron chi connectivity index (χ4n) is 2.05. The van der Waals surface area contributed by atoms with E-state index in [1.807, 2.05) is 39.5 Å². The summed E-state index contributed by atoms with van der Waals surface area (Å²) in [5, 5.41) is 2.78. The lowest BCUT2D eigenvalue weighted by molar-refractivity contribution is -0.145. The van der Waals surface area contributed by atoms with Crippen molar-refractivity contribution in [3.05, 3.63) is 0 Å². The van der Waals surface area contributed by atoms with Crippen molar-refractivity contribution in [2.45, 2.75) is 40.2 Å². The van der Waals surface area contributed by atoms with Gasteiger partial charge in [0.25, 0.3) is 0 Å². The molecular formula is C14H28N4O2. The zero-order valence-corrected chi connectivity index (χ0v) is 13.3. The van der Waals surface area contributed by atoms with E-state index in [2.05, 4.69) is 5.32 Å². The molecule has 6 heteroatoms. The number of piperazine rings is 1. The van der Waals surface area contributed by atoms with Gasteiger partial charge in [-0.2, -0.15) is 0 Å². The van der Waals surface area contributed by atoms with Crippen molar-refractivity contribution < 1.29 is 9.59 Å². The van der Waals surface area contributed by atoms with Crippen LogP contribution >= 0.6 is 0 Å². The third kappa shape index (κ3) is 3.42. The molecule has 3 N–H and O–H groups in total. The van der Waals surface area contributed by atoms with Gasteiger partial charge in [-0.25, -0.2) is 4.79 Å². The molecule has 1 saturated heterocycles. The molecule has 1 aliphatic rings. The van der Waals surface area contributed by atoms with Crippen LogP contribution in [0.15, 0.2) is 0 Å². The van der Waals surface area contributed by atoms with Crippen LogP contribution in [0, 0.1) is 5.41 Å². The summed E-state index contributed by atoms with van der Waals surface area (Å²) in [5.74, 6) is 0.0561. The molecule has 0 bridgehead atoms. The highest BCUT2D eigenvalue weighted by molar-refractivity contribution is 5.84. The molecule has 1 rings (SSSR count). The highest BCUT2D eigenvalue weighted by atomic mass is 16.2. The minimum atomic E-state index is -0.624. The predicted octanol–water partition coefficient (Wildman–Crippen LogP) is 0.624. The van der Waals surface area contributed by atoms with Crippen molar-refractivity contribution >= 4 is 11.9 Å². The topological polar surface area (TPSA) is 78.7 Å². The summed E-state index contributed by atoms with van der Waals surface area (Å²) in [6, 6.07) is -0.0574. The van der Waals surface area contributed by atoms with Gasteiger partial charge < -0.3 is 20.9 Å². The third-order valence-corrected chi connectivity index (χ3v) is 4.33. The molecule has 0 aromatic rings. The number of nitrogens with one attached hydrogen (secondary N) is 1. The van der Waals surface area contributed by atoms with Crippen LogP contribution in [0.1, 0.15) is 34.6 Å². The number of carbonyl (C=O) groups is 2. The van der Waals surface area contributed by atoms with E-state index in [1.165, 1.54) is 0 Å². The van der Waals surface area contributed by atoms with Crippen LogP contribution in [0.5, 0.6) is 0 Å². The molecule has 20 heavy (non-hydrogen) atoms. The average Bonchev–Trinajstić information content (AvgIpc) is 2.37. The van der Waals surface area contributed by atoms with Gasteiger partial charge in [-0.1, -0.05) is 0 Å². The molecule has 0 aromatic carbocycles. The van der Waals surface area contributed by atoms with Crippen LogP contribution in [0.3, 0.4) is 0 Å². The van der Waals surface area contributed by atoms with E-state index in [0.29, 0.717) is 32.7 Å². The molecule has 0 radical (unpaired) electrons. The van der Waals surface area contributed by atoms with Gasteiger partial charge in [0.2, 0.25) is 5.91 Å². The summed E-state index contributed by atoms with van der Waals surface area (Å²) < 4.78 is 0. The normalized spacial score (nSPS) is 17.1. The zero-order valence-electron chi connectivity index (χ0n) is 13.3. The van der Waals surface area contributed by atoms with Crippen LogP contribution < -0.4 is 11.1 Å². The lowest BCUT2D eigenvalue weighted by atomic mass is 9.74. The summed E-state index contributed by atoms with van der Waals surface area (Å²) in [4.78, 5) is 27.9. The van der Waals surface area contributed by atoms with E-state index in [-0.39, 0.29) is 11.9 Å². The van der Waals surface area contributed by atoms with Gasteiger partial charge in [0.05, 0.1) is 5.41 Å². The molecule has 0 aromatic heterocycles. The summed E-state index contributed by atoms with van der Waals surface area (Å²) in [6.07, 6.45) is 0. The smallest absolute Gasteiger partial charge is 0.317 e. The molecule has 6 nitrogen and oxygen atoms in total. The molecule has 0 spiro atoms. The molecule has 1 heterocycles. The molecule has 3 amide bonds. The quantitative estimate of drug-likeness (QED) is 0.797. The fraction of sp³-hybridized carbons (Fsp3) is 0.857. The lowest BCUT2D eigenvalue weighted by Crippen LogP contribution is -2.60. The van der Waals surface area contributed by atoms with Gasteiger partial charge in [-0.05, 0) is 34.6 Å². The summed E-state index contributed by atoms with van der Waals surface area (Å²) in [7, 11) is 0. The molecule has 1 fully saturated rings. The molecule has 0 aliphatic carbocycles. The monoisotopic (exact) mass is 284 g/mol. The van der Waals surface area contributed by atoms with Gasteiger partial charge in [0.15, 0.2) is 0 Å². The predicted molar refractivity (Wildman–Crippen MR) is 79.3 cm³/mol. The van der Waals surface area contributed by atoms with E-state index < -0.39 is 11.0 Å². The number of nitrogens with zero attached hydrogens (tertiary/aromatic N) is 2. The maximum atomic E-state index is 12.6. The number of urea groups is 1. The van der Waals surface area contributed by atoms with E-state index in [9.17, 15) is 9.59 Å². The minimum Gasteiger partial charge on any atom is -0.339 e. The van der Waals surface area contributed by atoms with Crippen LogP contribution in [0.25, 0.3) is 0 Å². The van der Waals surface area contributed by atoms with Crippen molar-refractivity contribution in [3.63, 3.8) is 0 Å². The van der Waals surface area contributed by atoms with Crippen LogP contribution in [-0.4, -0.2) is 60.0 Å².